The lowest BCUT2D eigenvalue weighted by Gasteiger charge is -2.04. The Morgan fingerprint density at radius 3 is 2.55 bits per heavy atom. The molecule has 0 aliphatic carbocycles. The second kappa shape index (κ2) is 4.73. The smallest absolute Gasteiger partial charge is 0.153 e. The first-order chi connectivity index (χ1) is 9.69. The van der Waals surface area contributed by atoms with Crippen molar-refractivity contribution >= 4 is 5.82 Å². The highest BCUT2D eigenvalue weighted by Crippen LogP contribution is 2.34. The van der Waals surface area contributed by atoms with E-state index >= 15 is 0 Å². The average molecular weight is 269 g/mol. The number of nitrogen functional groups attached to an aromatic ring is 1. The molecule has 0 aliphatic heterocycles. The third-order valence-electron chi connectivity index (χ3n) is 3.14. The van der Waals surface area contributed by atoms with Crippen molar-refractivity contribution < 1.29 is 4.74 Å². The van der Waals surface area contributed by atoms with Crippen molar-refractivity contribution in [2.45, 2.75) is 0 Å². The molecule has 0 unspecified atom stereocenters. The molecule has 2 aromatic heterocycles. The van der Waals surface area contributed by atoms with Crippen LogP contribution in [-0.4, -0.2) is 27.1 Å². The molecular weight excluding hydrogens is 254 g/mol. The predicted octanol–water partition coefficient (Wildman–Crippen LogP) is 2.07. The zero-order valence-corrected chi connectivity index (χ0v) is 11.3. The number of methoxy groups -OCH3 is 1. The number of hydrogen-bond donors (Lipinski definition) is 2. The summed E-state index contributed by atoms with van der Waals surface area (Å²) in [4.78, 5) is 0. The van der Waals surface area contributed by atoms with Crippen molar-refractivity contribution in [1.29, 1.82) is 0 Å². The Balaban J connectivity index is 2.10. The number of hydrogen-bond acceptors (Lipinski definition) is 4. The number of nitrogens with two attached hydrogens (primary N) is 1. The van der Waals surface area contributed by atoms with E-state index in [1.165, 1.54) is 0 Å². The van der Waals surface area contributed by atoms with Crippen molar-refractivity contribution in [2.75, 3.05) is 12.8 Å². The van der Waals surface area contributed by atoms with Crippen LogP contribution in [0.4, 0.5) is 5.82 Å². The van der Waals surface area contributed by atoms with Gasteiger partial charge in [0.2, 0.25) is 0 Å². The van der Waals surface area contributed by atoms with Gasteiger partial charge in [-0.05, 0) is 23.8 Å². The van der Waals surface area contributed by atoms with Crippen LogP contribution in [0, 0.1) is 0 Å². The molecule has 6 nitrogen and oxygen atoms in total. The second-order valence-electron chi connectivity index (χ2n) is 4.46. The first-order valence-corrected chi connectivity index (χ1v) is 6.17. The largest absolute Gasteiger partial charge is 0.497 e. The Labute approximate surface area is 116 Å². The van der Waals surface area contributed by atoms with E-state index in [4.69, 9.17) is 10.5 Å². The molecule has 0 aliphatic rings. The Morgan fingerprint density at radius 2 is 1.95 bits per heavy atom. The summed E-state index contributed by atoms with van der Waals surface area (Å²) < 4.78 is 6.90. The van der Waals surface area contributed by atoms with Crippen LogP contribution in [0.2, 0.25) is 0 Å². The van der Waals surface area contributed by atoms with E-state index in [-0.39, 0.29) is 0 Å². The molecular formula is C14H15N5O. The van der Waals surface area contributed by atoms with Gasteiger partial charge >= 0.3 is 0 Å². The Kier molecular flexibility index (Phi) is 2.90. The lowest BCUT2D eigenvalue weighted by Crippen LogP contribution is -1.91. The van der Waals surface area contributed by atoms with Gasteiger partial charge in [0.1, 0.15) is 11.4 Å². The number of nitrogens with one attached hydrogen (secondary N) is 1. The number of nitrogens with zero attached hydrogens (tertiary/aromatic N) is 3. The molecule has 0 amide bonds. The maximum Gasteiger partial charge on any atom is 0.153 e. The molecule has 20 heavy (non-hydrogen) atoms. The van der Waals surface area contributed by atoms with E-state index in [9.17, 15) is 0 Å². The van der Waals surface area contributed by atoms with Crippen LogP contribution < -0.4 is 10.5 Å². The highest BCUT2D eigenvalue weighted by Gasteiger charge is 2.16. The van der Waals surface area contributed by atoms with Gasteiger partial charge in [-0.25, -0.2) is 0 Å². The quantitative estimate of drug-likeness (QED) is 0.762. The molecule has 102 valence electrons. The molecule has 0 spiro atoms. The molecule has 0 saturated carbocycles. The SMILES string of the molecule is COc1ccc(-c2c(N)n[nH]c2-c2ccn(C)n2)cc1. The summed E-state index contributed by atoms with van der Waals surface area (Å²) in [5, 5.41) is 11.4. The van der Waals surface area contributed by atoms with Crippen molar-refractivity contribution in [1.82, 2.24) is 20.0 Å². The van der Waals surface area contributed by atoms with Gasteiger partial charge in [-0.15, -0.1) is 0 Å². The van der Waals surface area contributed by atoms with Gasteiger partial charge in [0.25, 0.3) is 0 Å². The summed E-state index contributed by atoms with van der Waals surface area (Å²) in [5.41, 5.74) is 9.42. The van der Waals surface area contributed by atoms with Gasteiger partial charge in [0.05, 0.1) is 18.4 Å². The second-order valence-corrected chi connectivity index (χ2v) is 4.46. The van der Waals surface area contributed by atoms with Gasteiger partial charge in [0, 0.05) is 13.2 Å². The lowest BCUT2D eigenvalue weighted by molar-refractivity contribution is 0.415. The topological polar surface area (TPSA) is 81.8 Å². The first kappa shape index (κ1) is 12.3. The number of anilines is 1. The fraction of sp³-hybridized carbons (Fsp3) is 0.143. The number of benzene rings is 1. The van der Waals surface area contributed by atoms with Crippen LogP contribution in [0.15, 0.2) is 36.5 Å². The molecule has 0 radical (unpaired) electrons. The molecule has 0 fully saturated rings. The monoisotopic (exact) mass is 269 g/mol. The third-order valence-corrected chi connectivity index (χ3v) is 3.14. The van der Waals surface area contributed by atoms with Crippen LogP contribution in [0.5, 0.6) is 5.75 Å². The predicted molar refractivity (Wildman–Crippen MR) is 77.2 cm³/mol. The van der Waals surface area contributed by atoms with E-state index in [0.717, 1.165) is 28.3 Å². The molecule has 0 atom stereocenters. The molecule has 6 heteroatoms. The van der Waals surface area contributed by atoms with E-state index in [2.05, 4.69) is 15.3 Å². The molecule has 0 bridgehead atoms. The summed E-state index contributed by atoms with van der Waals surface area (Å²) in [6.07, 6.45) is 1.88. The van der Waals surface area contributed by atoms with Gasteiger partial charge in [-0.1, -0.05) is 12.1 Å². The van der Waals surface area contributed by atoms with Crippen LogP contribution >= 0.6 is 0 Å². The Morgan fingerprint density at radius 1 is 1.20 bits per heavy atom. The Hall–Kier alpha value is -2.76. The first-order valence-electron chi connectivity index (χ1n) is 6.17. The van der Waals surface area contributed by atoms with Gasteiger partial charge in [-0.3, -0.25) is 9.78 Å². The zero-order chi connectivity index (χ0) is 14.1. The number of rotatable bonds is 3. The highest BCUT2D eigenvalue weighted by molar-refractivity contribution is 5.86. The molecule has 3 aromatic rings. The normalized spacial score (nSPS) is 10.7. The van der Waals surface area contributed by atoms with Crippen LogP contribution in [0.25, 0.3) is 22.5 Å². The van der Waals surface area contributed by atoms with Crippen molar-refractivity contribution in [3.05, 3.63) is 36.5 Å². The number of ether oxygens (including phenoxy) is 1. The van der Waals surface area contributed by atoms with Crippen LogP contribution in [-0.2, 0) is 7.05 Å². The lowest BCUT2D eigenvalue weighted by atomic mass is 10.0. The average Bonchev–Trinajstić information content (AvgIpc) is 3.05. The number of aryl methyl sites for hydroxylation is 1. The minimum Gasteiger partial charge on any atom is -0.497 e. The number of aromatic nitrogens is 4. The molecule has 3 rings (SSSR count). The fourth-order valence-corrected chi connectivity index (χ4v) is 2.14. The van der Waals surface area contributed by atoms with E-state index in [0.29, 0.717) is 5.82 Å². The van der Waals surface area contributed by atoms with Crippen LogP contribution in [0.1, 0.15) is 0 Å². The zero-order valence-electron chi connectivity index (χ0n) is 11.3. The summed E-state index contributed by atoms with van der Waals surface area (Å²) in [6, 6.07) is 9.60. The van der Waals surface area contributed by atoms with Gasteiger partial charge < -0.3 is 10.5 Å². The van der Waals surface area contributed by atoms with E-state index in [1.54, 1.807) is 11.8 Å². The maximum absolute atomic E-state index is 5.98. The van der Waals surface area contributed by atoms with Crippen molar-refractivity contribution in [3.8, 4) is 28.3 Å². The minimum absolute atomic E-state index is 0.454. The minimum atomic E-state index is 0.454. The van der Waals surface area contributed by atoms with Crippen LogP contribution in [0.3, 0.4) is 0 Å². The third kappa shape index (κ3) is 2.01. The fourth-order valence-electron chi connectivity index (χ4n) is 2.14. The molecule has 2 heterocycles. The maximum atomic E-state index is 5.98. The molecule has 1 aromatic carbocycles. The van der Waals surface area contributed by atoms with Gasteiger partial charge in [0.15, 0.2) is 5.82 Å². The highest BCUT2D eigenvalue weighted by atomic mass is 16.5. The van der Waals surface area contributed by atoms with Crippen molar-refractivity contribution in [2.24, 2.45) is 7.05 Å². The molecule has 0 saturated heterocycles. The Bertz CT molecular complexity index is 726. The number of aromatic amines is 1. The number of H-pyrrole nitrogens is 1. The summed E-state index contributed by atoms with van der Waals surface area (Å²) in [6.45, 7) is 0. The summed E-state index contributed by atoms with van der Waals surface area (Å²) in [7, 11) is 3.51. The summed E-state index contributed by atoms with van der Waals surface area (Å²) >= 11 is 0. The molecule has 3 N–H and O–H groups in total. The van der Waals surface area contributed by atoms with Gasteiger partial charge in [-0.2, -0.15) is 10.2 Å². The van der Waals surface area contributed by atoms with E-state index in [1.807, 2.05) is 43.6 Å². The van der Waals surface area contributed by atoms with Crippen molar-refractivity contribution in [3.63, 3.8) is 0 Å². The standard InChI is InChI=1S/C14H15N5O/c1-19-8-7-11(18-19)13-12(14(15)17-16-13)9-3-5-10(20-2)6-4-9/h3-8H,1-2H3,(H3,15,16,17). The summed E-state index contributed by atoms with van der Waals surface area (Å²) in [5.74, 6) is 1.26. The van der Waals surface area contributed by atoms with E-state index < -0.39 is 0 Å².